The molecule has 0 amide bonds. The van der Waals surface area contributed by atoms with Crippen LogP contribution >= 0.6 is 0 Å². The summed E-state index contributed by atoms with van der Waals surface area (Å²) in [6.45, 7) is 4.50. The zero-order valence-corrected chi connectivity index (χ0v) is 12.9. The van der Waals surface area contributed by atoms with Crippen molar-refractivity contribution in [2.45, 2.75) is 26.1 Å². The number of carboxylic acids is 1. The Balaban J connectivity index is 0.000000239. The lowest BCUT2D eigenvalue weighted by Crippen LogP contribution is -2.30. The third kappa shape index (κ3) is 5.40. The van der Waals surface area contributed by atoms with Crippen molar-refractivity contribution >= 4 is 17.0 Å². The Morgan fingerprint density at radius 1 is 1.27 bits per heavy atom. The van der Waals surface area contributed by atoms with Crippen molar-refractivity contribution in [3.05, 3.63) is 23.8 Å². The van der Waals surface area contributed by atoms with E-state index in [0.717, 1.165) is 5.52 Å². The van der Waals surface area contributed by atoms with Crippen molar-refractivity contribution in [1.29, 1.82) is 0 Å². The Morgan fingerprint density at radius 3 is 2.36 bits per heavy atom. The van der Waals surface area contributed by atoms with Crippen LogP contribution in [0.2, 0.25) is 0 Å². The van der Waals surface area contributed by atoms with Gasteiger partial charge >= 0.3 is 5.97 Å². The largest absolute Gasteiger partial charge is 0.478 e. The van der Waals surface area contributed by atoms with Crippen LogP contribution in [-0.4, -0.2) is 61.6 Å². The molecule has 4 N–H and O–H groups in total. The first-order valence-corrected chi connectivity index (χ1v) is 6.91. The molecule has 1 aromatic carbocycles. The van der Waals surface area contributed by atoms with Crippen LogP contribution in [0.25, 0.3) is 11.0 Å². The van der Waals surface area contributed by atoms with E-state index >= 15 is 0 Å². The van der Waals surface area contributed by atoms with E-state index in [1.807, 2.05) is 0 Å². The van der Waals surface area contributed by atoms with Crippen LogP contribution in [0.3, 0.4) is 0 Å². The van der Waals surface area contributed by atoms with Crippen LogP contribution in [0.15, 0.2) is 18.2 Å². The molecule has 0 saturated heterocycles. The van der Waals surface area contributed by atoms with Crippen LogP contribution < -0.4 is 5.32 Å². The fourth-order valence-electron chi connectivity index (χ4n) is 1.73. The molecule has 22 heavy (non-hydrogen) atoms. The van der Waals surface area contributed by atoms with E-state index in [1.165, 1.54) is 6.07 Å². The Morgan fingerprint density at radius 2 is 1.86 bits per heavy atom. The van der Waals surface area contributed by atoms with Crippen molar-refractivity contribution in [3.8, 4) is 0 Å². The molecule has 0 bridgehead atoms. The fraction of sp³-hybridized carbons (Fsp3) is 0.500. The highest BCUT2D eigenvalue weighted by Gasteiger charge is 2.11. The molecule has 0 aliphatic carbocycles. The van der Waals surface area contributed by atoms with Crippen LogP contribution in [0, 0.1) is 0 Å². The summed E-state index contributed by atoms with van der Waals surface area (Å²) in [6.07, 6.45) is -0.660. The van der Waals surface area contributed by atoms with Gasteiger partial charge in [-0.15, -0.1) is 5.10 Å². The molecule has 1 aromatic heterocycles. The number of nitrogens with one attached hydrogen (secondary N) is 1. The second kappa shape index (κ2) is 8.42. The standard InChI is InChI=1S/C8H7N3O2.C6H15NO2/c1-11-6-4-2-3-5(8(12)13)7(6)9-10-11;1-5(8)3-7-4-6(2)9/h2-4H,1H3,(H,12,13);5-9H,3-4H2,1-2H3. The minimum absolute atomic E-state index is 0.186. The van der Waals surface area contributed by atoms with Gasteiger partial charge in [0.1, 0.15) is 5.52 Å². The van der Waals surface area contributed by atoms with Gasteiger partial charge in [0.05, 0.1) is 23.3 Å². The molecular formula is C14H22N4O4. The number of benzene rings is 1. The minimum atomic E-state index is -0.980. The first-order valence-electron chi connectivity index (χ1n) is 6.91. The summed E-state index contributed by atoms with van der Waals surface area (Å²) >= 11 is 0. The van der Waals surface area contributed by atoms with Gasteiger partial charge in [-0.1, -0.05) is 11.3 Å². The average Bonchev–Trinajstić information content (AvgIpc) is 2.80. The molecule has 0 aliphatic heterocycles. The van der Waals surface area contributed by atoms with Crippen molar-refractivity contribution < 1.29 is 20.1 Å². The summed E-state index contributed by atoms with van der Waals surface area (Å²) in [4.78, 5) is 10.7. The van der Waals surface area contributed by atoms with E-state index in [2.05, 4.69) is 15.6 Å². The SMILES string of the molecule is CC(O)CNCC(C)O.Cn1nnc2c(C(=O)O)cccc21. The second-order valence-corrected chi connectivity index (χ2v) is 5.05. The van der Waals surface area contributed by atoms with Gasteiger partial charge in [-0.25, -0.2) is 9.48 Å². The molecular weight excluding hydrogens is 288 g/mol. The number of hydrogen-bond acceptors (Lipinski definition) is 6. The summed E-state index contributed by atoms with van der Waals surface area (Å²) in [7, 11) is 1.72. The third-order valence-electron chi connectivity index (χ3n) is 2.75. The van der Waals surface area contributed by atoms with Gasteiger partial charge in [-0.05, 0) is 26.0 Å². The maximum absolute atomic E-state index is 10.7. The maximum Gasteiger partial charge on any atom is 0.338 e. The number of aromatic nitrogens is 3. The van der Waals surface area contributed by atoms with Crippen LogP contribution in [0.1, 0.15) is 24.2 Å². The number of aryl methyl sites for hydroxylation is 1. The minimum Gasteiger partial charge on any atom is -0.478 e. The van der Waals surface area contributed by atoms with E-state index in [0.29, 0.717) is 18.6 Å². The number of aromatic carboxylic acids is 1. The summed E-state index contributed by atoms with van der Waals surface area (Å²) in [5.41, 5.74) is 1.34. The molecule has 2 rings (SSSR count). The van der Waals surface area contributed by atoms with E-state index in [9.17, 15) is 4.79 Å². The average molecular weight is 310 g/mol. The van der Waals surface area contributed by atoms with E-state index in [4.69, 9.17) is 15.3 Å². The van der Waals surface area contributed by atoms with Crippen LogP contribution in [0.5, 0.6) is 0 Å². The zero-order chi connectivity index (χ0) is 16.7. The number of rotatable bonds is 5. The first kappa shape index (κ1) is 18.0. The number of hydrogen-bond donors (Lipinski definition) is 4. The molecule has 1 heterocycles. The van der Waals surface area contributed by atoms with Gasteiger partial charge in [0.25, 0.3) is 0 Å². The van der Waals surface area contributed by atoms with Crippen molar-refractivity contribution in [2.24, 2.45) is 7.05 Å². The van der Waals surface area contributed by atoms with Crippen LogP contribution in [-0.2, 0) is 7.05 Å². The highest BCUT2D eigenvalue weighted by Crippen LogP contribution is 2.14. The fourth-order valence-corrected chi connectivity index (χ4v) is 1.73. The molecule has 0 saturated carbocycles. The van der Waals surface area contributed by atoms with Gasteiger partial charge in [-0.2, -0.15) is 0 Å². The van der Waals surface area contributed by atoms with Gasteiger partial charge in [0.2, 0.25) is 0 Å². The topological polar surface area (TPSA) is 121 Å². The van der Waals surface area contributed by atoms with E-state index in [-0.39, 0.29) is 17.8 Å². The van der Waals surface area contributed by atoms with Crippen molar-refractivity contribution in [2.75, 3.05) is 13.1 Å². The molecule has 2 unspecified atom stereocenters. The number of carbonyl (C=O) groups is 1. The molecule has 2 aromatic rings. The van der Waals surface area contributed by atoms with Crippen molar-refractivity contribution in [1.82, 2.24) is 20.3 Å². The number of carboxylic acid groups (broad SMARTS) is 1. The first-order chi connectivity index (χ1) is 10.3. The lowest BCUT2D eigenvalue weighted by atomic mass is 10.2. The number of fused-ring (bicyclic) bond motifs is 1. The Labute approximate surface area is 128 Å². The van der Waals surface area contributed by atoms with Gasteiger partial charge < -0.3 is 20.6 Å². The number of aliphatic hydroxyl groups is 2. The molecule has 0 aliphatic rings. The third-order valence-corrected chi connectivity index (χ3v) is 2.75. The summed E-state index contributed by atoms with van der Waals surface area (Å²) in [5.74, 6) is -0.980. The second-order valence-electron chi connectivity index (χ2n) is 5.05. The highest BCUT2D eigenvalue weighted by atomic mass is 16.4. The lowest BCUT2D eigenvalue weighted by molar-refractivity contribution is 0.0698. The summed E-state index contributed by atoms with van der Waals surface area (Å²) in [5, 5.41) is 36.7. The Bertz CT molecular complexity index is 602. The smallest absolute Gasteiger partial charge is 0.338 e. The highest BCUT2D eigenvalue weighted by molar-refractivity contribution is 6.00. The van der Waals surface area contributed by atoms with Crippen molar-refractivity contribution in [3.63, 3.8) is 0 Å². The molecule has 0 fully saturated rings. The quantitative estimate of drug-likeness (QED) is 0.613. The molecule has 122 valence electrons. The molecule has 0 radical (unpaired) electrons. The molecule has 0 spiro atoms. The molecule has 8 nitrogen and oxygen atoms in total. The molecule has 8 heteroatoms. The lowest BCUT2D eigenvalue weighted by Gasteiger charge is -2.07. The van der Waals surface area contributed by atoms with Gasteiger partial charge in [0.15, 0.2) is 0 Å². The van der Waals surface area contributed by atoms with E-state index < -0.39 is 5.97 Å². The van der Waals surface area contributed by atoms with E-state index in [1.54, 1.807) is 37.7 Å². The molecule has 2 atom stereocenters. The normalized spacial score (nSPS) is 13.3. The monoisotopic (exact) mass is 310 g/mol. The number of aliphatic hydroxyl groups excluding tert-OH is 2. The number of nitrogens with zero attached hydrogens (tertiary/aromatic N) is 3. The predicted octanol–water partition coefficient (Wildman–Crippen LogP) is 0.00410. The maximum atomic E-state index is 10.7. The Hall–Kier alpha value is -2.03. The Kier molecular flexibility index (Phi) is 6.90. The summed E-state index contributed by atoms with van der Waals surface area (Å²) in [6, 6.07) is 4.97. The van der Waals surface area contributed by atoms with Gasteiger partial charge in [-0.3, -0.25) is 0 Å². The van der Waals surface area contributed by atoms with Crippen LogP contribution in [0.4, 0.5) is 0 Å². The predicted molar refractivity (Wildman–Crippen MR) is 81.7 cm³/mol. The summed E-state index contributed by atoms with van der Waals surface area (Å²) < 4.78 is 1.54. The zero-order valence-electron chi connectivity index (χ0n) is 12.9. The van der Waals surface area contributed by atoms with Gasteiger partial charge in [0, 0.05) is 20.1 Å².